The molecule has 0 radical (unpaired) electrons. The second kappa shape index (κ2) is 7.88. The molecule has 2 aliphatic heterocycles. The van der Waals surface area contributed by atoms with Gasteiger partial charge in [0.05, 0.1) is 5.71 Å². The molecular weight excluding hydrogens is 378 g/mol. The van der Waals surface area contributed by atoms with Crippen molar-refractivity contribution in [3.8, 4) is 0 Å². The summed E-state index contributed by atoms with van der Waals surface area (Å²) in [6.07, 6.45) is 5.90. The zero-order valence-corrected chi connectivity index (χ0v) is 17.4. The number of Topliss-reactive ketones (excluding diaryl/α,β-unsaturated/α-hetero) is 1. The van der Waals surface area contributed by atoms with Gasteiger partial charge in [0.1, 0.15) is 5.70 Å². The van der Waals surface area contributed by atoms with Crippen molar-refractivity contribution in [1.82, 2.24) is 0 Å². The van der Waals surface area contributed by atoms with Crippen LogP contribution in [0, 0.1) is 17.8 Å². The van der Waals surface area contributed by atoms with Crippen LogP contribution in [0.1, 0.15) is 29.7 Å². The molecule has 1 aliphatic carbocycles. The summed E-state index contributed by atoms with van der Waals surface area (Å²) in [4.78, 5) is 21.6. The number of thiophene rings is 1. The van der Waals surface area contributed by atoms with Crippen LogP contribution in [-0.4, -0.2) is 31.1 Å². The normalized spacial score (nSPS) is 24.0. The minimum Gasteiger partial charge on any atom is -0.371 e. The monoisotopic (exact) mass is 405 g/mol. The number of aliphatic imine (C=N–C) groups is 1. The highest BCUT2D eigenvalue weighted by molar-refractivity contribution is 7.12. The Hall–Kier alpha value is -2.24. The van der Waals surface area contributed by atoms with Crippen molar-refractivity contribution in [3.05, 3.63) is 64.0 Å². The summed E-state index contributed by atoms with van der Waals surface area (Å²) in [6, 6.07) is 12.5. The lowest BCUT2D eigenvalue weighted by molar-refractivity contribution is -0.115. The first-order chi connectivity index (χ1) is 14.2. The molecule has 2 atom stereocenters. The van der Waals surface area contributed by atoms with Gasteiger partial charge in [0, 0.05) is 36.0 Å². The number of hydrogen-bond donors (Lipinski definition) is 1. The number of para-hydroxylation sites is 1. The molecule has 1 saturated carbocycles. The molecule has 0 spiro atoms. The van der Waals surface area contributed by atoms with Crippen LogP contribution in [0.25, 0.3) is 0 Å². The Labute approximate surface area is 176 Å². The van der Waals surface area contributed by atoms with Crippen molar-refractivity contribution in [2.75, 3.05) is 24.5 Å². The van der Waals surface area contributed by atoms with E-state index < -0.39 is 0 Å². The molecule has 2 N–H and O–H groups in total. The maximum absolute atomic E-state index is 13.2. The van der Waals surface area contributed by atoms with Crippen LogP contribution >= 0.6 is 11.3 Å². The lowest BCUT2D eigenvalue weighted by Crippen LogP contribution is -2.36. The van der Waals surface area contributed by atoms with Crippen molar-refractivity contribution < 1.29 is 4.79 Å². The highest BCUT2D eigenvalue weighted by Crippen LogP contribution is 2.47. The second-order valence-corrected chi connectivity index (χ2v) is 9.37. The van der Waals surface area contributed by atoms with Gasteiger partial charge >= 0.3 is 0 Å². The maximum atomic E-state index is 13.2. The Kier molecular flexibility index (Phi) is 5.10. The second-order valence-electron chi connectivity index (χ2n) is 8.43. The molecule has 1 aromatic carbocycles. The van der Waals surface area contributed by atoms with Crippen LogP contribution in [0.15, 0.2) is 58.5 Å². The number of carbonyl (C=O) groups is 1. The minimum atomic E-state index is 0.133. The number of carbonyl (C=O) groups excluding carboxylic acids is 1. The van der Waals surface area contributed by atoms with Gasteiger partial charge in [-0.25, -0.2) is 4.99 Å². The molecule has 150 valence electrons. The van der Waals surface area contributed by atoms with E-state index in [0.29, 0.717) is 29.9 Å². The van der Waals surface area contributed by atoms with Crippen LogP contribution in [0.3, 0.4) is 0 Å². The quantitative estimate of drug-likeness (QED) is 0.788. The molecule has 3 heterocycles. The number of allylic oxidation sites excluding steroid dienone is 2. The Morgan fingerprint density at radius 2 is 2.00 bits per heavy atom. The van der Waals surface area contributed by atoms with Crippen molar-refractivity contribution in [2.24, 2.45) is 28.5 Å². The van der Waals surface area contributed by atoms with E-state index >= 15 is 0 Å². The first-order valence-electron chi connectivity index (χ1n) is 10.6. The predicted molar refractivity (Wildman–Crippen MR) is 120 cm³/mol. The molecule has 0 amide bonds. The molecule has 2 unspecified atom stereocenters. The molecule has 1 saturated heterocycles. The number of rotatable bonds is 6. The zero-order valence-electron chi connectivity index (χ0n) is 16.6. The van der Waals surface area contributed by atoms with Crippen LogP contribution in [0.2, 0.25) is 0 Å². The van der Waals surface area contributed by atoms with Gasteiger partial charge in [-0.3, -0.25) is 4.79 Å². The average molecular weight is 406 g/mol. The van der Waals surface area contributed by atoms with Crippen LogP contribution in [0.4, 0.5) is 5.69 Å². The number of benzene rings is 1. The molecule has 4 nitrogen and oxygen atoms in total. The SMILES string of the molecule is NCC1CCN(c2ccccc2CC(=O)C2=CC3CC3C(c3cccs3)=N2)CC1. The number of hydrogen-bond acceptors (Lipinski definition) is 5. The van der Waals surface area contributed by atoms with Crippen molar-refractivity contribution in [1.29, 1.82) is 0 Å². The van der Waals surface area contributed by atoms with E-state index in [0.717, 1.165) is 50.2 Å². The Bertz CT molecular complexity index is 954. The first kappa shape index (κ1) is 18.8. The summed E-state index contributed by atoms with van der Waals surface area (Å²) in [5, 5.41) is 2.08. The van der Waals surface area contributed by atoms with Crippen molar-refractivity contribution in [3.63, 3.8) is 0 Å². The van der Waals surface area contributed by atoms with Gasteiger partial charge < -0.3 is 10.6 Å². The molecule has 29 heavy (non-hydrogen) atoms. The molecule has 3 aliphatic rings. The van der Waals surface area contributed by atoms with Gasteiger partial charge in [-0.1, -0.05) is 30.3 Å². The summed E-state index contributed by atoms with van der Waals surface area (Å²) in [7, 11) is 0. The van der Waals surface area contributed by atoms with Crippen LogP contribution < -0.4 is 10.6 Å². The summed E-state index contributed by atoms with van der Waals surface area (Å²) in [5.41, 5.74) is 9.92. The van der Waals surface area contributed by atoms with E-state index in [9.17, 15) is 4.79 Å². The number of nitrogens with zero attached hydrogens (tertiary/aromatic N) is 2. The fourth-order valence-electron chi connectivity index (χ4n) is 4.63. The highest BCUT2D eigenvalue weighted by atomic mass is 32.1. The zero-order chi connectivity index (χ0) is 19.8. The predicted octanol–water partition coefficient (Wildman–Crippen LogP) is 4.06. The van der Waals surface area contributed by atoms with E-state index in [1.54, 1.807) is 11.3 Å². The third-order valence-electron chi connectivity index (χ3n) is 6.49. The van der Waals surface area contributed by atoms with Gasteiger partial charge in [-0.2, -0.15) is 0 Å². The topological polar surface area (TPSA) is 58.7 Å². The van der Waals surface area contributed by atoms with E-state index in [2.05, 4.69) is 46.7 Å². The lowest BCUT2D eigenvalue weighted by atomic mass is 9.95. The maximum Gasteiger partial charge on any atom is 0.185 e. The summed E-state index contributed by atoms with van der Waals surface area (Å²) < 4.78 is 0. The minimum absolute atomic E-state index is 0.133. The van der Waals surface area contributed by atoms with Gasteiger partial charge in [-0.15, -0.1) is 11.3 Å². The van der Waals surface area contributed by atoms with Crippen LogP contribution in [0.5, 0.6) is 0 Å². The molecule has 5 heteroatoms. The number of anilines is 1. The fourth-order valence-corrected chi connectivity index (χ4v) is 5.40. The van der Waals surface area contributed by atoms with E-state index in [4.69, 9.17) is 10.7 Å². The van der Waals surface area contributed by atoms with E-state index in [1.165, 1.54) is 10.6 Å². The molecule has 2 fully saturated rings. The van der Waals surface area contributed by atoms with E-state index in [1.807, 2.05) is 6.07 Å². The Morgan fingerprint density at radius 1 is 1.17 bits per heavy atom. The van der Waals surface area contributed by atoms with Crippen molar-refractivity contribution >= 4 is 28.5 Å². The third-order valence-corrected chi connectivity index (χ3v) is 7.39. The summed E-state index contributed by atoms with van der Waals surface area (Å²) in [6.45, 7) is 2.80. The smallest absolute Gasteiger partial charge is 0.185 e. The largest absolute Gasteiger partial charge is 0.371 e. The highest BCUT2D eigenvalue weighted by Gasteiger charge is 2.43. The lowest BCUT2D eigenvalue weighted by Gasteiger charge is -2.34. The average Bonchev–Trinajstić information content (AvgIpc) is 3.35. The van der Waals surface area contributed by atoms with E-state index in [-0.39, 0.29) is 5.78 Å². The summed E-state index contributed by atoms with van der Waals surface area (Å²) >= 11 is 1.72. The molecule has 0 bridgehead atoms. The van der Waals surface area contributed by atoms with Crippen molar-refractivity contribution in [2.45, 2.75) is 25.7 Å². The Morgan fingerprint density at radius 3 is 2.76 bits per heavy atom. The third kappa shape index (κ3) is 3.81. The molecule has 5 rings (SSSR count). The Balaban J connectivity index is 1.34. The fraction of sp³-hybridized carbons (Fsp3) is 0.417. The summed E-state index contributed by atoms with van der Waals surface area (Å²) in [5.74, 6) is 1.77. The first-order valence-corrected chi connectivity index (χ1v) is 11.5. The molecule has 1 aromatic heterocycles. The van der Waals surface area contributed by atoms with Gasteiger partial charge in [-0.05, 0) is 60.7 Å². The number of fused-ring (bicyclic) bond motifs is 1. The van der Waals surface area contributed by atoms with Gasteiger partial charge in [0.2, 0.25) is 0 Å². The van der Waals surface area contributed by atoms with Crippen LogP contribution in [-0.2, 0) is 11.2 Å². The number of piperidine rings is 1. The molecular formula is C24H27N3OS. The number of nitrogens with two attached hydrogens (primary N) is 1. The molecule has 2 aromatic rings. The standard InChI is InChI=1S/C24H27N3OS/c25-15-16-7-9-27(10-8-16)21-5-2-1-4-17(21)14-22(28)20-13-18-12-19(18)24(26-20)23-6-3-11-29-23/h1-6,11,13,16,18-19H,7-10,12,14-15,25H2. The number of ketones is 1. The van der Waals surface area contributed by atoms with Gasteiger partial charge in [0.25, 0.3) is 0 Å². The van der Waals surface area contributed by atoms with Gasteiger partial charge in [0.15, 0.2) is 5.78 Å².